The number of hydrogen-bond donors (Lipinski definition) is 2. The third-order valence-corrected chi connectivity index (χ3v) is 5.11. The van der Waals surface area contributed by atoms with E-state index < -0.39 is 5.60 Å². The molecule has 0 amide bonds. The van der Waals surface area contributed by atoms with Gasteiger partial charge in [0, 0.05) is 19.0 Å². The number of ether oxygens (including phenoxy) is 1. The van der Waals surface area contributed by atoms with Gasteiger partial charge in [0.15, 0.2) is 0 Å². The standard InChI is InChI=1S/C17H26N2O2/c1-2-21-15-8-5-7-14(16(15)18)19-11-10-17(20)9-4-3-6-13(17)12-19/h5,7-8,13,20H,2-4,6,9-12,18H2,1H3. The maximum absolute atomic E-state index is 10.8. The molecule has 0 spiro atoms. The van der Waals surface area contributed by atoms with Gasteiger partial charge < -0.3 is 20.5 Å². The number of aliphatic hydroxyl groups is 1. The number of nitrogens with two attached hydrogens (primary N) is 1. The van der Waals surface area contributed by atoms with Gasteiger partial charge in [0.25, 0.3) is 0 Å². The minimum absolute atomic E-state index is 0.371. The number of nitrogen functional groups attached to an aromatic ring is 1. The molecule has 0 bridgehead atoms. The van der Waals surface area contributed by atoms with Crippen LogP contribution in [0.15, 0.2) is 18.2 Å². The number of piperidine rings is 1. The lowest BCUT2D eigenvalue weighted by Gasteiger charge is -2.48. The fourth-order valence-electron chi connectivity index (χ4n) is 3.88. The van der Waals surface area contributed by atoms with Crippen molar-refractivity contribution < 1.29 is 9.84 Å². The molecule has 1 aliphatic carbocycles. The largest absolute Gasteiger partial charge is 0.492 e. The van der Waals surface area contributed by atoms with Crippen molar-refractivity contribution in [2.75, 3.05) is 30.3 Å². The third-order valence-electron chi connectivity index (χ3n) is 5.11. The summed E-state index contributed by atoms with van der Waals surface area (Å²) in [5, 5.41) is 10.8. The summed E-state index contributed by atoms with van der Waals surface area (Å²) in [7, 11) is 0. The van der Waals surface area contributed by atoms with Crippen molar-refractivity contribution in [1.82, 2.24) is 0 Å². The van der Waals surface area contributed by atoms with Gasteiger partial charge in [-0.25, -0.2) is 0 Å². The van der Waals surface area contributed by atoms with Gasteiger partial charge in [-0.1, -0.05) is 18.9 Å². The molecule has 2 fully saturated rings. The molecule has 0 aromatic heterocycles. The maximum atomic E-state index is 10.8. The first-order valence-electron chi connectivity index (χ1n) is 8.12. The molecule has 2 aliphatic rings. The zero-order valence-electron chi connectivity index (χ0n) is 12.8. The summed E-state index contributed by atoms with van der Waals surface area (Å²) < 4.78 is 5.59. The van der Waals surface area contributed by atoms with Crippen molar-refractivity contribution in [3.05, 3.63) is 18.2 Å². The van der Waals surface area contributed by atoms with Gasteiger partial charge in [-0.2, -0.15) is 0 Å². The van der Waals surface area contributed by atoms with Crippen LogP contribution in [0.25, 0.3) is 0 Å². The monoisotopic (exact) mass is 290 g/mol. The van der Waals surface area contributed by atoms with Crippen molar-refractivity contribution in [3.63, 3.8) is 0 Å². The predicted molar refractivity (Wildman–Crippen MR) is 85.8 cm³/mol. The Morgan fingerprint density at radius 3 is 3.05 bits per heavy atom. The molecule has 1 saturated carbocycles. The van der Waals surface area contributed by atoms with Crippen LogP contribution in [0.2, 0.25) is 0 Å². The zero-order valence-corrected chi connectivity index (χ0v) is 12.8. The molecule has 1 aromatic carbocycles. The van der Waals surface area contributed by atoms with Gasteiger partial charge in [0.1, 0.15) is 5.75 Å². The molecule has 1 aliphatic heterocycles. The maximum Gasteiger partial charge on any atom is 0.144 e. The SMILES string of the molecule is CCOc1cccc(N2CCC3(O)CCCCC3C2)c1N. The molecule has 4 nitrogen and oxygen atoms in total. The summed E-state index contributed by atoms with van der Waals surface area (Å²) in [4.78, 5) is 2.32. The van der Waals surface area contributed by atoms with Crippen molar-refractivity contribution in [2.45, 2.75) is 44.6 Å². The number of rotatable bonds is 3. The number of benzene rings is 1. The van der Waals surface area contributed by atoms with Crippen molar-refractivity contribution in [3.8, 4) is 5.75 Å². The van der Waals surface area contributed by atoms with Crippen LogP contribution < -0.4 is 15.4 Å². The number of anilines is 2. The summed E-state index contributed by atoms with van der Waals surface area (Å²) in [5.41, 5.74) is 7.60. The highest BCUT2D eigenvalue weighted by Crippen LogP contribution is 2.42. The van der Waals surface area contributed by atoms with E-state index >= 15 is 0 Å². The Hall–Kier alpha value is -1.42. The molecule has 21 heavy (non-hydrogen) atoms. The Balaban J connectivity index is 1.81. The van der Waals surface area contributed by atoms with Gasteiger partial charge in [0.05, 0.1) is 23.6 Å². The van der Waals surface area contributed by atoms with E-state index in [2.05, 4.69) is 11.0 Å². The first-order valence-corrected chi connectivity index (χ1v) is 8.12. The summed E-state index contributed by atoms with van der Waals surface area (Å²) in [6.45, 7) is 4.36. The Labute approximate surface area is 126 Å². The fourth-order valence-corrected chi connectivity index (χ4v) is 3.88. The molecule has 1 aromatic rings. The summed E-state index contributed by atoms with van der Waals surface area (Å²) >= 11 is 0. The van der Waals surface area contributed by atoms with Crippen LogP contribution in [0.5, 0.6) is 5.75 Å². The van der Waals surface area contributed by atoms with Gasteiger partial charge in [0.2, 0.25) is 0 Å². The highest BCUT2D eigenvalue weighted by Gasteiger charge is 2.43. The first kappa shape index (κ1) is 14.5. The van der Waals surface area contributed by atoms with Gasteiger partial charge in [-0.05, 0) is 38.3 Å². The quantitative estimate of drug-likeness (QED) is 0.840. The van der Waals surface area contributed by atoms with Crippen LogP contribution in [0.1, 0.15) is 39.0 Å². The Morgan fingerprint density at radius 1 is 1.38 bits per heavy atom. The molecule has 116 valence electrons. The highest BCUT2D eigenvalue weighted by molar-refractivity contribution is 5.74. The smallest absolute Gasteiger partial charge is 0.144 e. The molecule has 3 rings (SSSR count). The second kappa shape index (κ2) is 5.76. The number of nitrogens with zero attached hydrogens (tertiary/aromatic N) is 1. The minimum atomic E-state index is -0.443. The highest BCUT2D eigenvalue weighted by atomic mass is 16.5. The van der Waals surface area contributed by atoms with Gasteiger partial charge in [-0.3, -0.25) is 0 Å². The Bertz CT molecular complexity index is 506. The molecule has 0 radical (unpaired) electrons. The molecule has 1 saturated heterocycles. The van der Waals surface area contributed by atoms with E-state index in [0.717, 1.165) is 55.9 Å². The number of hydrogen-bond acceptors (Lipinski definition) is 4. The van der Waals surface area contributed by atoms with E-state index in [1.165, 1.54) is 6.42 Å². The summed E-state index contributed by atoms with van der Waals surface area (Å²) in [6, 6.07) is 5.98. The van der Waals surface area contributed by atoms with E-state index in [9.17, 15) is 5.11 Å². The number of fused-ring (bicyclic) bond motifs is 1. The van der Waals surface area contributed by atoms with Crippen LogP contribution >= 0.6 is 0 Å². The van der Waals surface area contributed by atoms with Gasteiger partial charge in [-0.15, -0.1) is 0 Å². The third kappa shape index (κ3) is 2.69. The molecule has 2 unspecified atom stereocenters. The van der Waals surface area contributed by atoms with Crippen LogP contribution in [0, 0.1) is 5.92 Å². The molecule has 2 atom stereocenters. The Kier molecular flexibility index (Phi) is 3.98. The molecule has 1 heterocycles. The predicted octanol–water partition coefficient (Wildman–Crippen LogP) is 2.80. The van der Waals surface area contributed by atoms with E-state index in [-0.39, 0.29) is 0 Å². The van der Waals surface area contributed by atoms with E-state index in [4.69, 9.17) is 10.5 Å². The molecule has 4 heteroatoms. The second-order valence-electron chi connectivity index (χ2n) is 6.36. The first-order chi connectivity index (χ1) is 10.1. The van der Waals surface area contributed by atoms with E-state index in [1.54, 1.807) is 0 Å². The summed E-state index contributed by atoms with van der Waals surface area (Å²) in [5.74, 6) is 1.13. The van der Waals surface area contributed by atoms with Crippen molar-refractivity contribution >= 4 is 11.4 Å². The summed E-state index contributed by atoms with van der Waals surface area (Å²) in [6.07, 6.45) is 5.32. The van der Waals surface area contributed by atoms with E-state index in [0.29, 0.717) is 12.5 Å². The topological polar surface area (TPSA) is 58.7 Å². The van der Waals surface area contributed by atoms with Crippen LogP contribution in [-0.2, 0) is 0 Å². The lowest BCUT2D eigenvalue weighted by molar-refractivity contribution is -0.0612. The molecule has 3 N–H and O–H groups in total. The minimum Gasteiger partial charge on any atom is -0.492 e. The van der Waals surface area contributed by atoms with Crippen LogP contribution in [0.3, 0.4) is 0 Å². The normalized spacial score (nSPS) is 29.0. The van der Waals surface area contributed by atoms with Crippen molar-refractivity contribution in [1.29, 1.82) is 0 Å². The van der Waals surface area contributed by atoms with Crippen LogP contribution in [0.4, 0.5) is 11.4 Å². The molecular weight excluding hydrogens is 264 g/mol. The average Bonchev–Trinajstić information content (AvgIpc) is 2.49. The van der Waals surface area contributed by atoms with E-state index in [1.807, 2.05) is 19.1 Å². The average molecular weight is 290 g/mol. The number of para-hydroxylation sites is 1. The molecular formula is C17H26N2O2. The lowest BCUT2D eigenvalue weighted by atomic mass is 9.71. The van der Waals surface area contributed by atoms with Gasteiger partial charge >= 0.3 is 0 Å². The van der Waals surface area contributed by atoms with Crippen LogP contribution in [-0.4, -0.2) is 30.4 Å². The fraction of sp³-hybridized carbons (Fsp3) is 0.647. The lowest BCUT2D eigenvalue weighted by Crippen LogP contribution is -2.53. The van der Waals surface area contributed by atoms with Crippen molar-refractivity contribution in [2.24, 2.45) is 5.92 Å². The zero-order chi connectivity index (χ0) is 14.9. The second-order valence-corrected chi connectivity index (χ2v) is 6.36. The Morgan fingerprint density at radius 2 is 2.24 bits per heavy atom.